The average molecular weight is 604 g/mol. The lowest BCUT2D eigenvalue weighted by molar-refractivity contribution is -0.138. The predicted molar refractivity (Wildman–Crippen MR) is 170 cm³/mol. The Balaban J connectivity index is 1.33. The molecule has 226 valence electrons. The molecule has 1 atom stereocenters. The van der Waals surface area contributed by atoms with E-state index >= 15 is 0 Å². The quantitative estimate of drug-likeness (QED) is 0.113. The molecule has 0 saturated heterocycles. The van der Waals surface area contributed by atoms with Crippen LogP contribution in [0.3, 0.4) is 0 Å². The molecule has 0 saturated carbocycles. The lowest BCUT2D eigenvalue weighted by atomic mass is 9.76. The molecule has 5 aromatic carbocycles. The molecule has 6 rings (SSSR count). The molecule has 0 amide bonds. The highest BCUT2D eigenvalue weighted by atomic mass is 19.2. The third-order valence-corrected chi connectivity index (χ3v) is 8.12. The number of halogens is 2. The summed E-state index contributed by atoms with van der Waals surface area (Å²) in [4.78, 5) is 26.8. The summed E-state index contributed by atoms with van der Waals surface area (Å²) in [6.45, 7) is 2.02. The van der Waals surface area contributed by atoms with Gasteiger partial charge in [0.05, 0.1) is 22.7 Å². The first-order valence-corrected chi connectivity index (χ1v) is 14.6. The van der Waals surface area contributed by atoms with E-state index in [1.54, 1.807) is 31.2 Å². The highest BCUT2D eigenvalue weighted by Gasteiger charge is 2.37. The van der Waals surface area contributed by atoms with Gasteiger partial charge in [0, 0.05) is 13.6 Å². The topological polar surface area (TPSA) is 65.3 Å². The maximum atomic E-state index is 14.7. The van der Waals surface area contributed by atoms with E-state index in [1.807, 2.05) is 54.6 Å². The number of imidazole rings is 1. The van der Waals surface area contributed by atoms with E-state index < -0.39 is 34.8 Å². The number of para-hydroxylation sites is 2. The number of benzene rings is 5. The van der Waals surface area contributed by atoms with E-state index in [4.69, 9.17) is 4.74 Å². The molecule has 1 heterocycles. The van der Waals surface area contributed by atoms with Gasteiger partial charge in [-0.05, 0) is 41.0 Å². The molecule has 0 radical (unpaired) electrons. The smallest absolute Gasteiger partial charge is 0.333 e. The van der Waals surface area contributed by atoms with Gasteiger partial charge in [-0.1, -0.05) is 110 Å². The lowest BCUT2D eigenvalue weighted by Crippen LogP contribution is -2.47. The molecular weight excluding hydrogens is 572 g/mol. The molecule has 1 N–H and O–H groups in total. The Kier molecular flexibility index (Phi) is 8.15. The van der Waals surface area contributed by atoms with Crippen LogP contribution < -0.4 is 15.7 Å². The Morgan fingerprint density at radius 3 is 1.84 bits per heavy atom. The second-order valence-electron chi connectivity index (χ2n) is 10.9. The number of hydrogen-bond donors (Lipinski definition) is 1. The molecule has 8 heteroatoms. The Morgan fingerprint density at radius 2 is 1.29 bits per heavy atom. The standard InChI is InChI=1S/C37H31F2N3O3/c1-25(24-40-37(26-14-6-3-7-15-26,27-16-8-4-9-17-27)28-18-10-5-11-19-28)35(43)45-32-21-13-12-20-30(32)42-31-23-22-29(38)33(39)34(31)41(2)36(42)44/h3-23,25,40H,24H2,1-2H3/t25-/m0/s1. The van der Waals surface area contributed by atoms with Crippen LogP contribution in [0.1, 0.15) is 23.6 Å². The summed E-state index contributed by atoms with van der Waals surface area (Å²) in [5.41, 5.74) is 1.85. The number of nitrogens with one attached hydrogen (secondary N) is 1. The SMILES string of the molecule is C[C@@H](CNC(c1ccccc1)(c1ccccc1)c1ccccc1)C(=O)Oc1ccccc1-n1c(=O)n(C)c2c(F)c(F)ccc21. The molecule has 0 spiro atoms. The van der Waals surface area contributed by atoms with Crippen LogP contribution in [-0.4, -0.2) is 21.6 Å². The third-order valence-electron chi connectivity index (χ3n) is 8.12. The van der Waals surface area contributed by atoms with Gasteiger partial charge in [-0.15, -0.1) is 0 Å². The number of aryl methyl sites for hydroxylation is 1. The van der Waals surface area contributed by atoms with E-state index in [1.165, 1.54) is 17.7 Å². The normalized spacial score (nSPS) is 12.3. The number of nitrogens with zero attached hydrogens (tertiary/aromatic N) is 2. The van der Waals surface area contributed by atoms with Crippen molar-refractivity contribution in [3.8, 4) is 11.4 Å². The fourth-order valence-corrected chi connectivity index (χ4v) is 5.81. The summed E-state index contributed by atoms with van der Waals surface area (Å²) in [5.74, 6) is -3.21. The first-order valence-electron chi connectivity index (χ1n) is 14.6. The number of carbonyl (C=O) groups excluding carboxylic acids is 1. The molecule has 0 unspecified atom stereocenters. The van der Waals surface area contributed by atoms with Gasteiger partial charge in [0.25, 0.3) is 0 Å². The fraction of sp³-hybridized carbons (Fsp3) is 0.135. The van der Waals surface area contributed by atoms with Crippen LogP contribution >= 0.6 is 0 Å². The van der Waals surface area contributed by atoms with Gasteiger partial charge in [-0.25, -0.2) is 13.6 Å². The van der Waals surface area contributed by atoms with Crippen molar-refractivity contribution in [1.29, 1.82) is 0 Å². The highest BCUT2D eigenvalue weighted by Crippen LogP contribution is 2.37. The highest BCUT2D eigenvalue weighted by molar-refractivity contribution is 5.81. The Bertz CT molecular complexity index is 1930. The van der Waals surface area contributed by atoms with E-state index in [2.05, 4.69) is 41.7 Å². The summed E-state index contributed by atoms with van der Waals surface area (Å²) in [7, 11) is 1.37. The maximum absolute atomic E-state index is 14.7. The predicted octanol–water partition coefficient (Wildman–Crippen LogP) is 6.73. The van der Waals surface area contributed by atoms with Crippen molar-refractivity contribution in [3.05, 3.63) is 166 Å². The van der Waals surface area contributed by atoms with E-state index in [0.717, 1.165) is 27.3 Å². The Morgan fingerprint density at radius 1 is 0.778 bits per heavy atom. The summed E-state index contributed by atoms with van der Waals surface area (Å²) >= 11 is 0. The third kappa shape index (κ3) is 5.34. The van der Waals surface area contributed by atoms with Crippen molar-refractivity contribution in [1.82, 2.24) is 14.5 Å². The van der Waals surface area contributed by atoms with E-state index in [0.29, 0.717) is 0 Å². The summed E-state index contributed by atoms with van der Waals surface area (Å²) in [6.07, 6.45) is 0. The van der Waals surface area contributed by atoms with Crippen LogP contribution in [0.25, 0.3) is 16.7 Å². The van der Waals surface area contributed by atoms with Crippen LogP contribution in [0.2, 0.25) is 0 Å². The van der Waals surface area contributed by atoms with E-state index in [9.17, 15) is 18.4 Å². The number of hydrogen-bond acceptors (Lipinski definition) is 4. The fourth-order valence-electron chi connectivity index (χ4n) is 5.81. The summed E-state index contributed by atoms with van der Waals surface area (Å²) in [6, 6.07) is 39.0. The lowest BCUT2D eigenvalue weighted by Gasteiger charge is -2.37. The van der Waals surface area contributed by atoms with Crippen molar-refractivity contribution in [3.63, 3.8) is 0 Å². The molecule has 45 heavy (non-hydrogen) atoms. The zero-order valence-electron chi connectivity index (χ0n) is 24.8. The van der Waals surface area contributed by atoms with Crippen molar-refractivity contribution < 1.29 is 18.3 Å². The van der Waals surface area contributed by atoms with Gasteiger partial charge in [-0.3, -0.25) is 19.2 Å². The molecule has 1 aromatic heterocycles. The second-order valence-corrected chi connectivity index (χ2v) is 10.9. The average Bonchev–Trinajstić information content (AvgIpc) is 3.34. The van der Waals surface area contributed by atoms with Gasteiger partial charge >= 0.3 is 11.7 Å². The van der Waals surface area contributed by atoms with Gasteiger partial charge in [0.1, 0.15) is 5.52 Å². The second kappa shape index (κ2) is 12.3. The van der Waals surface area contributed by atoms with Crippen LogP contribution in [0.5, 0.6) is 5.75 Å². The zero-order chi connectivity index (χ0) is 31.6. The minimum absolute atomic E-state index is 0.120. The summed E-state index contributed by atoms with van der Waals surface area (Å²) in [5, 5.41) is 3.71. The number of fused-ring (bicyclic) bond motifs is 1. The van der Waals surface area contributed by atoms with Crippen molar-refractivity contribution in [2.75, 3.05) is 6.54 Å². The number of rotatable bonds is 9. The Hall–Kier alpha value is -5.34. The minimum Gasteiger partial charge on any atom is -0.424 e. The zero-order valence-corrected chi connectivity index (χ0v) is 24.8. The van der Waals surface area contributed by atoms with Gasteiger partial charge in [0.2, 0.25) is 0 Å². The molecule has 0 aliphatic heterocycles. The summed E-state index contributed by atoms with van der Waals surface area (Å²) < 4.78 is 36.9. The van der Waals surface area contributed by atoms with Gasteiger partial charge in [-0.2, -0.15) is 0 Å². The van der Waals surface area contributed by atoms with Gasteiger partial charge < -0.3 is 4.74 Å². The van der Waals surface area contributed by atoms with Crippen molar-refractivity contribution in [2.45, 2.75) is 12.5 Å². The minimum atomic E-state index is -1.13. The maximum Gasteiger partial charge on any atom is 0.333 e. The number of ether oxygens (including phenoxy) is 1. The number of carbonyl (C=O) groups is 1. The number of aromatic nitrogens is 2. The molecule has 0 aliphatic rings. The number of esters is 1. The molecule has 0 aliphatic carbocycles. The van der Waals surface area contributed by atoms with Crippen LogP contribution in [0.4, 0.5) is 8.78 Å². The van der Waals surface area contributed by atoms with Crippen molar-refractivity contribution in [2.24, 2.45) is 13.0 Å². The largest absolute Gasteiger partial charge is 0.424 e. The molecule has 0 bridgehead atoms. The van der Waals surface area contributed by atoms with Crippen LogP contribution in [0.15, 0.2) is 132 Å². The van der Waals surface area contributed by atoms with Crippen LogP contribution in [-0.2, 0) is 17.4 Å². The molecule has 6 aromatic rings. The first kappa shape index (κ1) is 29.7. The molecular formula is C37H31F2N3O3. The van der Waals surface area contributed by atoms with Crippen LogP contribution in [0, 0.1) is 17.6 Å². The monoisotopic (exact) mass is 603 g/mol. The van der Waals surface area contributed by atoms with Crippen molar-refractivity contribution >= 4 is 17.0 Å². The Labute approximate surface area is 259 Å². The van der Waals surface area contributed by atoms with Gasteiger partial charge in [0.15, 0.2) is 17.4 Å². The molecule has 0 fully saturated rings. The van der Waals surface area contributed by atoms with E-state index in [-0.39, 0.29) is 29.0 Å². The first-order chi connectivity index (χ1) is 21.8. The molecule has 6 nitrogen and oxygen atoms in total.